The molecule has 0 aliphatic rings. The van der Waals surface area contributed by atoms with Crippen molar-refractivity contribution >= 4 is 10.1 Å². The van der Waals surface area contributed by atoms with Crippen LogP contribution in [0, 0.1) is 0 Å². The summed E-state index contributed by atoms with van der Waals surface area (Å²) in [6.07, 6.45) is 31.8. The van der Waals surface area contributed by atoms with Gasteiger partial charge in [-0.25, -0.2) is 8.42 Å². The van der Waals surface area contributed by atoms with Crippen molar-refractivity contribution in [1.29, 1.82) is 0 Å². The standard InChI is InChI=1S/C46H79NO4S/c1-4-6-8-10-12-14-16-18-20-22-24-32-38-45(42-34-28-26-29-35-42)47(3,40-44(48)41-52(49,50)51)46(43-36-30-27-31-37-43)39-33-25-23-21-19-17-15-13-11-9-7-5-2/h26-31,34-37,44-46,48H,4-25,32-33,38-41H2,1-3H3. The number of unbranched alkanes of at least 4 members (excludes halogenated alkanes) is 22. The molecule has 2 aromatic carbocycles. The van der Waals surface area contributed by atoms with E-state index in [-0.39, 0.29) is 18.6 Å². The van der Waals surface area contributed by atoms with Crippen molar-refractivity contribution in [1.82, 2.24) is 0 Å². The van der Waals surface area contributed by atoms with E-state index in [1.54, 1.807) is 0 Å². The number of hydrogen-bond acceptors (Lipinski definition) is 4. The maximum Gasteiger partial charge on any atom is 0.116 e. The fourth-order valence-electron chi connectivity index (χ4n) is 8.53. The van der Waals surface area contributed by atoms with Crippen LogP contribution < -0.4 is 0 Å². The van der Waals surface area contributed by atoms with Gasteiger partial charge in [-0.3, -0.25) is 0 Å². The minimum absolute atomic E-state index is 0.0656. The second kappa shape index (κ2) is 28.7. The maximum atomic E-state index is 11.9. The molecule has 0 saturated heterocycles. The molecule has 0 aliphatic carbocycles. The minimum atomic E-state index is -4.57. The van der Waals surface area contributed by atoms with Crippen LogP contribution in [-0.2, 0) is 10.1 Å². The highest BCUT2D eigenvalue weighted by Crippen LogP contribution is 2.43. The first-order valence-corrected chi connectivity index (χ1v) is 23.3. The Balaban J connectivity index is 2.14. The van der Waals surface area contributed by atoms with E-state index in [2.05, 4.69) is 81.6 Å². The Morgan fingerprint density at radius 1 is 0.519 bits per heavy atom. The van der Waals surface area contributed by atoms with Gasteiger partial charge in [0.15, 0.2) is 0 Å². The van der Waals surface area contributed by atoms with Crippen LogP contribution in [0.25, 0.3) is 0 Å². The smallest absolute Gasteiger partial charge is 0.116 e. The predicted molar refractivity (Wildman–Crippen MR) is 221 cm³/mol. The van der Waals surface area contributed by atoms with E-state index in [4.69, 9.17) is 0 Å². The number of hydrogen-bond donors (Lipinski definition) is 1. The van der Waals surface area contributed by atoms with Gasteiger partial charge in [-0.2, -0.15) is 0 Å². The van der Waals surface area contributed by atoms with Crippen molar-refractivity contribution in [3.63, 3.8) is 0 Å². The summed E-state index contributed by atoms with van der Waals surface area (Å²) in [6.45, 7) is 4.76. The van der Waals surface area contributed by atoms with Gasteiger partial charge >= 0.3 is 0 Å². The number of benzene rings is 2. The van der Waals surface area contributed by atoms with Crippen LogP contribution in [-0.4, -0.2) is 48.0 Å². The van der Waals surface area contributed by atoms with Crippen LogP contribution in [0.2, 0.25) is 0 Å². The lowest BCUT2D eigenvalue weighted by Crippen LogP contribution is -2.54. The molecule has 0 fully saturated rings. The molecule has 6 heteroatoms. The van der Waals surface area contributed by atoms with Gasteiger partial charge in [0.2, 0.25) is 0 Å². The van der Waals surface area contributed by atoms with Crippen molar-refractivity contribution < 1.29 is 22.6 Å². The van der Waals surface area contributed by atoms with Crippen molar-refractivity contribution in [2.24, 2.45) is 0 Å². The van der Waals surface area contributed by atoms with E-state index in [1.807, 2.05) is 0 Å². The molecule has 1 N–H and O–H groups in total. The molecule has 0 heterocycles. The van der Waals surface area contributed by atoms with Crippen molar-refractivity contribution in [2.75, 3.05) is 19.3 Å². The fourth-order valence-corrected chi connectivity index (χ4v) is 9.10. The molecule has 0 aliphatic heterocycles. The number of quaternary nitrogens is 1. The number of aliphatic hydroxyl groups is 1. The fraction of sp³-hybridized carbons (Fsp3) is 0.739. The van der Waals surface area contributed by atoms with E-state index in [1.165, 1.54) is 152 Å². The van der Waals surface area contributed by atoms with E-state index in [9.17, 15) is 18.1 Å². The van der Waals surface area contributed by atoms with Gasteiger partial charge in [0.1, 0.15) is 24.7 Å². The average Bonchev–Trinajstić information content (AvgIpc) is 3.12. The molecule has 3 unspecified atom stereocenters. The third-order valence-electron chi connectivity index (χ3n) is 11.5. The zero-order chi connectivity index (χ0) is 37.8. The second-order valence-corrected chi connectivity index (χ2v) is 17.6. The summed E-state index contributed by atoms with van der Waals surface area (Å²) in [5.74, 6) is -0.749. The van der Waals surface area contributed by atoms with Crippen LogP contribution in [0.1, 0.15) is 204 Å². The van der Waals surface area contributed by atoms with Crippen LogP contribution in [0.3, 0.4) is 0 Å². The highest BCUT2D eigenvalue weighted by Gasteiger charge is 2.43. The Labute approximate surface area is 321 Å². The van der Waals surface area contributed by atoms with Gasteiger partial charge < -0.3 is 14.1 Å². The van der Waals surface area contributed by atoms with Gasteiger partial charge in [0.05, 0.1) is 22.9 Å². The van der Waals surface area contributed by atoms with Crippen molar-refractivity contribution in [3.8, 4) is 0 Å². The molecule has 0 bridgehead atoms. The van der Waals surface area contributed by atoms with Crippen molar-refractivity contribution in [3.05, 3.63) is 71.8 Å². The van der Waals surface area contributed by atoms with E-state index in [0.29, 0.717) is 4.48 Å². The summed E-state index contributed by atoms with van der Waals surface area (Å²) < 4.78 is 36.1. The van der Waals surface area contributed by atoms with Crippen LogP contribution in [0.4, 0.5) is 0 Å². The van der Waals surface area contributed by atoms with Crippen LogP contribution in [0.5, 0.6) is 0 Å². The van der Waals surface area contributed by atoms with Gasteiger partial charge in [-0.15, -0.1) is 0 Å². The Hall–Kier alpha value is -1.73. The predicted octanol–water partition coefficient (Wildman–Crippen LogP) is 13.0. The third kappa shape index (κ3) is 20.7. The average molecular weight is 742 g/mol. The molecular formula is C46H79NO4S. The second-order valence-electron chi connectivity index (χ2n) is 16.1. The lowest BCUT2D eigenvalue weighted by atomic mass is 9.89. The van der Waals surface area contributed by atoms with Crippen LogP contribution >= 0.6 is 0 Å². The van der Waals surface area contributed by atoms with E-state index >= 15 is 0 Å². The number of likely N-dealkylation sites (N-methyl/N-ethyl adjacent to an activating group) is 1. The molecule has 0 amide bonds. The Morgan fingerprint density at radius 2 is 0.808 bits per heavy atom. The quantitative estimate of drug-likeness (QED) is 0.0440. The Bertz CT molecular complexity index is 1130. The number of nitrogens with zero attached hydrogens (tertiary/aromatic N) is 1. The molecule has 2 aromatic rings. The first-order chi connectivity index (χ1) is 25.2. The molecule has 5 nitrogen and oxygen atoms in total. The molecule has 0 spiro atoms. The maximum absolute atomic E-state index is 11.9. The Kier molecular flexibility index (Phi) is 25.6. The highest BCUT2D eigenvalue weighted by molar-refractivity contribution is 7.85. The molecule has 2 rings (SSSR count). The zero-order valence-corrected chi connectivity index (χ0v) is 34.6. The van der Waals surface area contributed by atoms with Gasteiger partial charge in [-0.1, -0.05) is 216 Å². The first-order valence-electron chi connectivity index (χ1n) is 21.8. The van der Waals surface area contributed by atoms with Crippen LogP contribution in [0.15, 0.2) is 60.7 Å². The lowest BCUT2D eigenvalue weighted by molar-refractivity contribution is -0.971. The summed E-state index contributed by atoms with van der Waals surface area (Å²) in [6, 6.07) is 21.4. The molecule has 0 radical (unpaired) electrons. The lowest BCUT2D eigenvalue weighted by Gasteiger charge is -2.49. The normalized spacial score (nSPS) is 14.9. The summed E-state index contributed by atoms with van der Waals surface area (Å²) in [5, 5.41) is 11.3. The molecule has 298 valence electrons. The first kappa shape index (κ1) is 46.4. The largest absolute Gasteiger partial charge is 0.748 e. The number of aliphatic hydroxyl groups excluding tert-OH is 1. The van der Waals surface area contributed by atoms with Crippen molar-refractivity contribution in [2.45, 2.75) is 199 Å². The van der Waals surface area contributed by atoms with Gasteiger partial charge in [-0.05, 0) is 12.8 Å². The Morgan fingerprint density at radius 3 is 1.10 bits per heavy atom. The third-order valence-corrected chi connectivity index (χ3v) is 12.2. The molecule has 0 aromatic heterocycles. The molecule has 52 heavy (non-hydrogen) atoms. The highest BCUT2D eigenvalue weighted by atomic mass is 32.2. The summed E-state index contributed by atoms with van der Waals surface area (Å²) in [7, 11) is -2.35. The molecule has 3 atom stereocenters. The van der Waals surface area contributed by atoms with E-state index < -0.39 is 22.0 Å². The summed E-state index contributed by atoms with van der Waals surface area (Å²) in [4.78, 5) is 0. The number of rotatable bonds is 34. The molecule has 0 saturated carbocycles. The summed E-state index contributed by atoms with van der Waals surface area (Å²) in [5.41, 5.74) is 2.45. The monoisotopic (exact) mass is 742 g/mol. The molecular weight excluding hydrogens is 663 g/mol. The van der Waals surface area contributed by atoms with Gasteiger partial charge in [0.25, 0.3) is 0 Å². The minimum Gasteiger partial charge on any atom is -0.748 e. The SMILES string of the molecule is CCCCCCCCCCCCCCC(c1ccccc1)[N+](C)(CC(O)CS(=O)(=O)[O-])C(CCCCCCCCCCCCCC)c1ccccc1. The van der Waals surface area contributed by atoms with Gasteiger partial charge in [0, 0.05) is 24.0 Å². The van der Waals surface area contributed by atoms with E-state index in [0.717, 1.165) is 25.7 Å². The zero-order valence-electron chi connectivity index (χ0n) is 33.8. The topological polar surface area (TPSA) is 77.4 Å². The summed E-state index contributed by atoms with van der Waals surface area (Å²) >= 11 is 0.